The van der Waals surface area contributed by atoms with Crippen LogP contribution in [0.3, 0.4) is 0 Å². The number of benzene rings is 1. The van der Waals surface area contributed by atoms with Crippen molar-refractivity contribution >= 4 is 11.6 Å². The van der Waals surface area contributed by atoms with Crippen molar-refractivity contribution in [2.45, 2.75) is 45.4 Å². The Morgan fingerprint density at radius 1 is 1.03 bits per heavy atom. The van der Waals surface area contributed by atoms with Crippen molar-refractivity contribution in [3.8, 4) is 0 Å². The van der Waals surface area contributed by atoms with Crippen molar-refractivity contribution in [2.75, 3.05) is 0 Å². The molecule has 0 amide bonds. The fourth-order valence-corrected chi connectivity index (χ4v) is 4.52. The zero-order valence-corrected chi connectivity index (χ0v) is 18.0. The van der Waals surface area contributed by atoms with Gasteiger partial charge in [-0.2, -0.15) is 0 Å². The third-order valence-corrected chi connectivity index (χ3v) is 6.10. The Morgan fingerprint density at radius 3 is 2.58 bits per heavy atom. The molecular weight excluding hydrogens is 384 g/mol. The zero-order valence-electron chi connectivity index (χ0n) is 18.0. The first-order valence-electron chi connectivity index (χ1n) is 11.1. The van der Waals surface area contributed by atoms with Crippen LogP contribution in [-0.4, -0.2) is 11.6 Å². The van der Waals surface area contributed by atoms with Crippen LogP contribution < -0.4 is 0 Å². The summed E-state index contributed by atoms with van der Waals surface area (Å²) in [6.07, 6.45) is 16.6. The van der Waals surface area contributed by atoms with Crippen molar-refractivity contribution in [3.05, 3.63) is 107 Å². The van der Waals surface area contributed by atoms with Crippen LogP contribution in [0.4, 0.5) is 0 Å². The maximum atomic E-state index is 12.7. The topological polar surface area (TPSA) is 47.3 Å². The van der Waals surface area contributed by atoms with E-state index in [1.807, 2.05) is 24.3 Å². The first kappa shape index (κ1) is 21.0. The lowest BCUT2D eigenvalue weighted by molar-refractivity contribution is -0.118. The Morgan fingerprint density at radius 2 is 1.87 bits per heavy atom. The average molecular weight is 413 g/mol. The molecule has 3 heteroatoms. The maximum absolute atomic E-state index is 12.7. The van der Waals surface area contributed by atoms with Crippen molar-refractivity contribution in [1.29, 1.82) is 0 Å². The maximum Gasteiger partial charge on any atom is 0.202 e. The van der Waals surface area contributed by atoms with Gasteiger partial charge < -0.3 is 4.42 Å². The standard InChI is InChI=1S/C28H28O3/c1-2-25-23(13-15-26(25)22-9-3-4-10-22)12-14-24(29)18-20-7-5-8-21(17-20)19-27(30)28-11-6-16-31-28/h3-9,11,13,15-17,25H,2,10,12,14,18-19H2,1H3. The fraction of sp³-hybridized carbons (Fsp3) is 0.286. The molecule has 1 aromatic heterocycles. The van der Waals surface area contributed by atoms with Crippen LogP contribution in [0.25, 0.3) is 0 Å². The zero-order chi connectivity index (χ0) is 21.6. The van der Waals surface area contributed by atoms with Crippen LogP contribution in [0.15, 0.2) is 94.2 Å². The van der Waals surface area contributed by atoms with E-state index in [0.29, 0.717) is 24.5 Å². The quantitative estimate of drug-likeness (QED) is 0.426. The largest absolute Gasteiger partial charge is 0.461 e. The van der Waals surface area contributed by atoms with E-state index in [9.17, 15) is 9.59 Å². The van der Waals surface area contributed by atoms with Gasteiger partial charge in [0.25, 0.3) is 0 Å². The van der Waals surface area contributed by atoms with Crippen LogP contribution in [0, 0.1) is 5.92 Å². The lowest BCUT2D eigenvalue weighted by Gasteiger charge is -2.19. The molecule has 1 unspecified atom stereocenters. The molecule has 1 aromatic carbocycles. The van der Waals surface area contributed by atoms with Gasteiger partial charge in [-0.25, -0.2) is 0 Å². The summed E-state index contributed by atoms with van der Waals surface area (Å²) < 4.78 is 5.18. The first-order valence-corrected chi connectivity index (χ1v) is 11.1. The fourth-order valence-electron chi connectivity index (χ4n) is 4.52. The molecule has 4 rings (SSSR count). The summed E-state index contributed by atoms with van der Waals surface area (Å²) in [5.74, 6) is 0.993. The van der Waals surface area contributed by atoms with Gasteiger partial charge in [-0.15, -0.1) is 0 Å². The predicted octanol–water partition coefficient (Wildman–Crippen LogP) is 6.38. The Balaban J connectivity index is 1.30. The van der Waals surface area contributed by atoms with E-state index >= 15 is 0 Å². The van der Waals surface area contributed by atoms with Gasteiger partial charge in [0.15, 0.2) is 5.76 Å². The summed E-state index contributed by atoms with van der Waals surface area (Å²) in [5, 5.41) is 0. The molecule has 0 saturated heterocycles. The van der Waals surface area contributed by atoms with Crippen molar-refractivity contribution in [3.63, 3.8) is 0 Å². The van der Waals surface area contributed by atoms with Crippen LogP contribution in [-0.2, 0) is 17.6 Å². The van der Waals surface area contributed by atoms with Crippen molar-refractivity contribution in [2.24, 2.45) is 5.92 Å². The number of hydrogen-bond donors (Lipinski definition) is 0. The average Bonchev–Trinajstić information content (AvgIpc) is 3.54. The minimum Gasteiger partial charge on any atom is -0.461 e. The van der Waals surface area contributed by atoms with Gasteiger partial charge in [-0.3, -0.25) is 9.59 Å². The van der Waals surface area contributed by atoms with Gasteiger partial charge >= 0.3 is 0 Å². The Labute approximate surface area is 183 Å². The van der Waals surface area contributed by atoms with Crippen LogP contribution >= 0.6 is 0 Å². The summed E-state index contributed by atoms with van der Waals surface area (Å²) in [5.41, 5.74) is 6.07. The number of allylic oxidation sites excluding steroid dienone is 8. The van der Waals surface area contributed by atoms with Gasteiger partial charge in [-0.05, 0) is 53.7 Å². The SMILES string of the molecule is CCC1C(CCC(=O)Cc2cccc(CC(=O)c3ccco3)c2)=CC=C1C1=CC=CC1. The normalized spacial score (nSPS) is 17.5. The third-order valence-electron chi connectivity index (χ3n) is 6.10. The highest BCUT2D eigenvalue weighted by atomic mass is 16.3. The van der Waals surface area contributed by atoms with Crippen molar-refractivity contribution in [1.82, 2.24) is 0 Å². The molecule has 1 atom stereocenters. The second-order valence-electron chi connectivity index (χ2n) is 8.26. The van der Waals surface area contributed by atoms with E-state index in [2.05, 4.69) is 37.3 Å². The molecule has 158 valence electrons. The number of rotatable bonds is 10. The molecule has 2 aromatic rings. The molecule has 0 radical (unpaired) electrons. The molecule has 0 fully saturated rings. The number of ketones is 2. The van der Waals surface area contributed by atoms with Gasteiger partial charge in [0, 0.05) is 25.2 Å². The molecule has 1 heterocycles. The lowest BCUT2D eigenvalue weighted by atomic mass is 9.85. The second kappa shape index (κ2) is 9.74. The molecule has 2 aliphatic carbocycles. The summed E-state index contributed by atoms with van der Waals surface area (Å²) >= 11 is 0. The third kappa shape index (κ3) is 5.11. The molecular formula is C28H28O3. The predicted molar refractivity (Wildman–Crippen MR) is 123 cm³/mol. The molecule has 0 bridgehead atoms. The van der Waals surface area contributed by atoms with Crippen molar-refractivity contribution < 1.29 is 14.0 Å². The molecule has 0 N–H and O–H groups in total. The minimum absolute atomic E-state index is 0.0527. The lowest BCUT2D eigenvalue weighted by Crippen LogP contribution is -2.09. The first-order chi connectivity index (χ1) is 15.1. The highest BCUT2D eigenvalue weighted by Crippen LogP contribution is 2.38. The van der Waals surface area contributed by atoms with E-state index in [1.54, 1.807) is 12.1 Å². The van der Waals surface area contributed by atoms with Crippen LogP contribution in [0.2, 0.25) is 0 Å². The molecule has 31 heavy (non-hydrogen) atoms. The van der Waals surface area contributed by atoms with Gasteiger partial charge in [-0.1, -0.05) is 67.1 Å². The Kier molecular flexibility index (Phi) is 6.61. The van der Waals surface area contributed by atoms with Crippen LogP contribution in [0.5, 0.6) is 0 Å². The van der Waals surface area contributed by atoms with Gasteiger partial charge in [0.1, 0.15) is 5.78 Å². The Bertz CT molecular complexity index is 1080. The number of carbonyl (C=O) groups excluding carboxylic acids is 2. The van der Waals surface area contributed by atoms with E-state index in [1.165, 1.54) is 23.0 Å². The highest BCUT2D eigenvalue weighted by molar-refractivity contribution is 5.95. The van der Waals surface area contributed by atoms with E-state index in [-0.39, 0.29) is 18.0 Å². The Hall–Kier alpha value is -3.20. The summed E-state index contributed by atoms with van der Waals surface area (Å²) in [6.45, 7) is 2.22. The molecule has 3 nitrogen and oxygen atoms in total. The van der Waals surface area contributed by atoms with Gasteiger partial charge in [0.2, 0.25) is 5.78 Å². The summed E-state index contributed by atoms with van der Waals surface area (Å²) in [7, 11) is 0. The van der Waals surface area contributed by atoms with E-state index < -0.39 is 0 Å². The number of carbonyl (C=O) groups is 2. The number of furan rings is 1. The number of hydrogen-bond acceptors (Lipinski definition) is 3. The smallest absolute Gasteiger partial charge is 0.202 e. The molecule has 0 aliphatic heterocycles. The minimum atomic E-state index is -0.0527. The molecule has 2 aliphatic rings. The van der Waals surface area contributed by atoms with Crippen LogP contribution in [0.1, 0.15) is 54.3 Å². The van der Waals surface area contributed by atoms with E-state index in [0.717, 1.165) is 30.4 Å². The summed E-state index contributed by atoms with van der Waals surface area (Å²) in [6, 6.07) is 11.1. The molecule has 0 spiro atoms. The summed E-state index contributed by atoms with van der Waals surface area (Å²) in [4.78, 5) is 24.9. The highest BCUT2D eigenvalue weighted by Gasteiger charge is 2.24. The van der Waals surface area contributed by atoms with E-state index in [4.69, 9.17) is 4.42 Å². The monoisotopic (exact) mass is 412 g/mol. The molecule has 0 saturated carbocycles. The number of Topliss-reactive ketones (excluding diaryl/α,β-unsaturated/α-hetero) is 2. The van der Waals surface area contributed by atoms with Gasteiger partial charge in [0.05, 0.1) is 6.26 Å². The second-order valence-corrected chi connectivity index (χ2v) is 8.26.